The molecule has 0 unspecified atom stereocenters. The predicted molar refractivity (Wildman–Crippen MR) is 74.5 cm³/mol. The number of ether oxygens (including phenoxy) is 1. The van der Waals surface area contributed by atoms with Gasteiger partial charge in [-0.15, -0.1) is 0 Å². The number of nitro groups is 1. The number of nitrogens with two attached hydrogens (primary N) is 1. The minimum atomic E-state index is -0.505. The Balaban J connectivity index is 1.92. The Bertz CT molecular complexity index is 488. The standard InChI is InChI=1S/C12H19N5O3/c1-8-10(17(18)19)11(16-12(13)15-8)14-6-7-20-9-4-2-3-5-9/h9H,2-7H2,1H3,(H3,13,14,15,16). The van der Waals surface area contributed by atoms with Crippen LogP contribution in [0.1, 0.15) is 31.4 Å². The van der Waals surface area contributed by atoms with Crippen molar-refractivity contribution in [2.45, 2.75) is 38.7 Å². The fourth-order valence-corrected chi connectivity index (χ4v) is 2.38. The molecule has 0 saturated heterocycles. The van der Waals surface area contributed by atoms with Crippen LogP contribution in [-0.2, 0) is 4.74 Å². The molecule has 1 aromatic heterocycles. The number of aromatic nitrogens is 2. The van der Waals surface area contributed by atoms with Gasteiger partial charge in [-0.05, 0) is 19.8 Å². The molecule has 0 atom stereocenters. The average Bonchev–Trinajstić information content (AvgIpc) is 2.86. The lowest BCUT2D eigenvalue weighted by Gasteiger charge is -2.12. The number of hydrogen-bond acceptors (Lipinski definition) is 7. The Kier molecular flexibility index (Phi) is 4.67. The second-order valence-electron chi connectivity index (χ2n) is 4.83. The first kappa shape index (κ1) is 14.4. The zero-order valence-electron chi connectivity index (χ0n) is 11.5. The Hall–Kier alpha value is -1.96. The van der Waals surface area contributed by atoms with Gasteiger partial charge >= 0.3 is 5.69 Å². The van der Waals surface area contributed by atoms with E-state index in [9.17, 15) is 10.1 Å². The molecule has 1 fully saturated rings. The van der Waals surface area contributed by atoms with E-state index in [1.54, 1.807) is 0 Å². The molecule has 1 heterocycles. The van der Waals surface area contributed by atoms with Crippen LogP contribution in [0.5, 0.6) is 0 Å². The molecule has 1 aliphatic carbocycles. The Labute approximate surface area is 116 Å². The number of nitrogen functional groups attached to an aromatic ring is 1. The van der Waals surface area contributed by atoms with E-state index in [0.717, 1.165) is 12.8 Å². The topological polar surface area (TPSA) is 116 Å². The van der Waals surface area contributed by atoms with Crippen LogP contribution in [0.25, 0.3) is 0 Å². The van der Waals surface area contributed by atoms with Crippen LogP contribution >= 0.6 is 0 Å². The average molecular weight is 281 g/mol. The molecule has 8 nitrogen and oxygen atoms in total. The van der Waals surface area contributed by atoms with E-state index in [2.05, 4.69) is 15.3 Å². The SMILES string of the molecule is Cc1nc(N)nc(NCCOC2CCCC2)c1[N+](=O)[O-]. The van der Waals surface area contributed by atoms with E-state index < -0.39 is 4.92 Å². The quantitative estimate of drug-likeness (QED) is 0.462. The number of aryl methyl sites for hydroxylation is 1. The summed E-state index contributed by atoms with van der Waals surface area (Å²) >= 11 is 0. The van der Waals surface area contributed by atoms with Gasteiger partial charge in [0.15, 0.2) is 0 Å². The molecule has 1 aromatic rings. The summed E-state index contributed by atoms with van der Waals surface area (Å²) in [5.74, 6) is 0.169. The zero-order valence-corrected chi connectivity index (χ0v) is 11.5. The molecule has 3 N–H and O–H groups in total. The van der Waals surface area contributed by atoms with Crippen molar-refractivity contribution >= 4 is 17.5 Å². The molecule has 110 valence electrons. The van der Waals surface area contributed by atoms with E-state index in [1.807, 2.05) is 0 Å². The molecule has 1 aliphatic rings. The van der Waals surface area contributed by atoms with Crippen LogP contribution < -0.4 is 11.1 Å². The first-order chi connectivity index (χ1) is 9.58. The van der Waals surface area contributed by atoms with Crippen molar-refractivity contribution in [1.82, 2.24) is 9.97 Å². The molecule has 0 aliphatic heterocycles. The third kappa shape index (κ3) is 3.53. The molecule has 1 saturated carbocycles. The maximum absolute atomic E-state index is 11.0. The van der Waals surface area contributed by atoms with Crippen LogP contribution in [0.2, 0.25) is 0 Å². The van der Waals surface area contributed by atoms with Crippen molar-refractivity contribution in [3.05, 3.63) is 15.8 Å². The van der Waals surface area contributed by atoms with E-state index in [1.165, 1.54) is 19.8 Å². The molecular formula is C12H19N5O3. The molecule has 2 rings (SSSR count). The van der Waals surface area contributed by atoms with Gasteiger partial charge in [0.1, 0.15) is 5.69 Å². The third-order valence-electron chi connectivity index (χ3n) is 3.31. The zero-order chi connectivity index (χ0) is 14.5. The van der Waals surface area contributed by atoms with Crippen molar-refractivity contribution in [2.75, 3.05) is 24.2 Å². The van der Waals surface area contributed by atoms with Gasteiger partial charge in [0.05, 0.1) is 17.6 Å². The van der Waals surface area contributed by atoms with Crippen molar-refractivity contribution in [3.8, 4) is 0 Å². The lowest BCUT2D eigenvalue weighted by molar-refractivity contribution is -0.385. The van der Waals surface area contributed by atoms with Gasteiger partial charge in [-0.25, -0.2) is 4.98 Å². The van der Waals surface area contributed by atoms with Gasteiger partial charge in [-0.2, -0.15) is 4.98 Å². The van der Waals surface area contributed by atoms with Gasteiger partial charge in [0.2, 0.25) is 11.8 Å². The highest BCUT2D eigenvalue weighted by molar-refractivity contribution is 5.60. The highest BCUT2D eigenvalue weighted by Gasteiger charge is 2.21. The summed E-state index contributed by atoms with van der Waals surface area (Å²) in [4.78, 5) is 18.2. The Morgan fingerprint density at radius 1 is 1.45 bits per heavy atom. The predicted octanol–water partition coefficient (Wildman–Crippen LogP) is 1.65. The van der Waals surface area contributed by atoms with Gasteiger partial charge < -0.3 is 15.8 Å². The number of nitrogens with one attached hydrogen (secondary N) is 1. The molecule has 20 heavy (non-hydrogen) atoms. The minimum absolute atomic E-state index is 0.0207. The maximum atomic E-state index is 11.0. The van der Waals surface area contributed by atoms with Crippen molar-refractivity contribution in [3.63, 3.8) is 0 Å². The minimum Gasteiger partial charge on any atom is -0.376 e. The smallest absolute Gasteiger partial charge is 0.332 e. The van der Waals surface area contributed by atoms with Gasteiger partial charge in [-0.1, -0.05) is 12.8 Å². The molecule has 8 heteroatoms. The number of nitrogens with zero attached hydrogens (tertiary/aromatic N) is 3. The molecule has 0 radical (unpaired) electrons. The van der Waals surface area contributed by atoms with E-state index in [4.69, 9.17) is 10.5 Å². The monoisotopic (exact) mass is 281 g/mol. The maximum Gasteiger partial charge on any atom is 0.332 e. The van der Waals surface area contributed by atoms with Gasteiger partial charge in [-0.3, -0.25) is 10.1 Å². The Morgan fingerprint density at radius 2 is 2.15 bits per heavy atom. The van der Waals surface area contributed by atoms with Gasteiger partial charge in [0, 0.05) is 6.54 Å². The Morgan fingerprint density at radius 3 is 2.80 bits per heavy atom. The number of anilines is 2. The summed E-state index contributed by atoms with van der Waals surface area (Å²) in [5, 5.41) is 13.9. The van der Waals surface area contributed by atoms with Crippen LogP contribution in [-0.4, -0.2) is 34.1 Å². The molecule has 0 amide bonds. The summed E-state index contributed by atoms with van der Waals surface area (Å²) in [6.07, 6.45) is 4.94. The first-order valence-electron chi connectivity index (χ1n) is 6.72. The van der Waals surface area contributed by atoms with Gasteiger partial charge in [0.25, 0.3) is 0 Å². The second kappa shape index (κ2) is 6.47. The summed E-state index contributed by atoms with van der Waals surface area (Å²) in [6.45, 7) is 2.48. The fraction of sp³-hybridized carbons (Fsp3) is 0.667. The number of rotatable bonds is 6. The summed E-state index contributed by atoms with van der Waals surface area (Å²) in [5.41, 5.74) is 5.63. The van der Waals surface area contributed by atoms with Crippen LogP contribution in [0.3, 0.4) is 0 Å². The molecule has 0 bridgehead atoms. The van der Waals surface area contributed by atoms with Crippen molar-refractivity contribution in [2.24, 2.45) is 0 Å². The lowest BCUT2D eigenvalue weighted by atomic mass is 10.3. The van der Waals surface area contributed by atoms with Crippen molar-refractivity contribution < 1.29 is 9.66 Å². The highest BCUT2D eigenvalue weighted by Crippen LogP contribution is 2.25. The first-order valence-corrected chi connectivity index (χ1v) is 6.72. The lowest BCUT2D eigenvalue weighted by Crippen LogP contribution is -2.17. The van der Waals surface area contributed by atoms with Crippen LogP contribution in [0.4, 0.5) is 17.5 Å². The van der Waals surface area contributed by atoms with Crippen molar-refractivity contribution in [1.29, 1.82) is 0 Å². The summed E-state index contributed by atoms with van der Waals surface area (Å²) in [7, 11) is 0. The highest BCUT2D eigenvalue weighted by atomic mass is 16.6. The summed E-state index contributed by atoms with van der Waals surface area (Å²) < 4.78 is 5.68. The largest absolute Gasteiger partial charge is 0.376 e. The van der Waals surface area contributed by atoms with E-state index >= 15 is 0 Å². The normalized spacial score (nSPS) is 15.4. The third-order valence-corrected chi connectivity index (χ3v) is 3.31. The fourth-order valence-electron chi connectivity index (χ4n) is 2.38. The summed E-state index contributed by atoms with van der Waals surface area (Å²) in [6, 6.07) is 0. The van der Waals surface area contributed by atoms with Crippen LogP contribution in [0, 0.1) is 17.0 Å². The second-order valence-corrected chi connectivity index (χ2v) is 4.83. The van der Waals surface area contributed by atoms with Crippen LogP contribution in [0.15, 0.2) is 0 Å². The molecule has 0 aromatic carbocycles. The molecule has 0 spiro atoms. The molecular weight excluding hydrogens is 262 g/mol. The number of hydrogen-bond donors (Lipinski definition) is 2. The van der Waals surface area contributed by atoms with E-state index in [-0.39, 0.29) is 23.1 Å². The van der Waals surface area contributed by atoms with E-state index in [0.29, 0.717) is 19.3 Å².